The molecule has 7 nitrogen and oxygen atoms in total. The average molecular weight is 374 g/mol. The second-order valence-electron chi connectivity index (χ2n) is 6.60. The van der Waals surface area contributed by atoms with E-state index in [1.165, 1.54) is 0 Å². The Labute approximate surface area is 151 Å². The summed E-state index contributed by atoms with van der Waals surface area (Å²) in [4.78, 5) is 4.43. The maximum atomic E-state index is 12.1. The fraction of sp³-hybridized carbons (Fsp3) is 0.706. The molecule has 2 N–H and O–H groups in total. The smallest absolute Gasteiger partial charge is 0.191 e. The number of ether oxygens (including phenoxy) is 1. The van der Waals surface area contributed by atoms with E-state index in [4.69, 9.17) is 9.15 Å². The average Bonchev–Trinajstić information content (AvgIpc) is 3.02. The van der Waals surface area contributed by atoms with E-state index >= 15 is 0 Å². The Kier molecular flexibility index (Phi) is 8.99. The third-order valence-corrected chi connectivity index (χ3v) is 6.09. The lowest BCUT2D eigenvalue weighted by Crippen LogP contribution is -2.41. The number of nitrogens with one attached hydrogen (secondary N) is 2. The molecule has 0 aromatic carbocycles. The van der Waals surface area contributed by atoms with Crippen LogP contribution in [0.4, 0.5) is 0 Å². The van der Waals surface area contributed by atoms with Crippen LogP contribution in [0.25, 0.3) is 0 Å². The largest absolute Gasteiger partial charge is 0.467 e. The Morgan fingerprint density at radius 1 is 1.32 bits per heavy atom. The van der Waals surface area contributed by atoms with E-state index in [2.05, 4.69) is 15.6 Å². The van der Waals surface area contributed by atoms with Gasteiger partial charge in [-0.05, 0) is 46.2 Å². The molecule has 0 spiro atoms. The molecule has 0 radical (unpaired) electrons. The molecule has 1 heterocycles. The molecule has 0 bridgehead atoms. The van der Waals surface area contributed by atoms with E-state index in [1.807, 2.05) is 19.1 Å². The zero-order chi connectivity index (χ0) is 18.8. The fourth-order valence-electron chi connectivity index (χ4n) is 1.88. The van der Waals surface area contributed by atoms with Crippen LogP contribution in [0.3, 0.4) is 0 Å². The van der Waals surface area contributed by atoms with Gasteiger partial charge in [-0.2, -0.15) is 0 Å². The number of hydrogen-bond donors (Lipinski definition) is 2. The summed E-state index contributed by atoms with van der Waals surface area (Å²) < 4.78 is 34.1. The molecule has 0 aliphatic carbocycles. The standard InChI is InChI=1S/C17H31N3O4S/c1-5-18-16(20-10-13-25(21,22)17(2,3)4)19-9-7-11-23-14-15-8-6-12-24-15/h6,8,12H,5,7,9-11,13-14H2,1-4H3,(H2,18,19,20). The highest BCUT2D eigenvalue weighted by atomic mass is 32.2. The third-order valence-electron chi connectivity index (χ3n) is 3.48. The molecule has 0 fully saturated rings. The van der Waals surface area contributed by atoms with Crippen molar-refractivity contribution >= 4 is 15.8 Å². The minimum absolute atomic E-state index is 0.0766. The molecular formula is C17H31N3O4S. The van der Waals surface area contributed by atoms with Crippen LogP contribution < -0.4 is 10.6 Å². The van der Waals surface area contributed by atoms with Gasteiger partial charge in [-0.1, -0.05) is 0 Å². The van der Waals surface area contributed by atoms with Crippen LogP contribution in [-0.4, -0.2) is 51.1 Å². The maximum Gasteiger partial charge on any atom is 0.191 e. The number of nitrogens with zero attached hydrogens (tertiary/aromatic N) is 1. The van der Waals surface area contributed by atoms with Gasteiger partial charge in [0, 0.05) is 26.2 Å². The molecule has 0 aliphatic heterocycles. The number of hydrogen-bond acceptors (Lipinski definition) is 5. The first-order chi connectivity index (χ1) is 11.8. The molecule has 0 atom stereocenters. The first kappa shape index (κ1) is 21.5. The summed E-state index contributed by atoms with van der Waals surface area (Å²) in [6, 6.07) is 3.70. The van der Waals surface area contributed by atoms with Crippen LogP contribution in [0.5, 0.6) is 0 Å². The van der Waals surface area contributed by atoms with Gasteiger partial charge < -0.3 is 19.8 Å². The van der Waals surface area contributed by atoms with E-state index in [-0.39, 0.29) is 5.75 Å². The lowest BCUT2D eigenvalue weighted by atomic mass is 10.3. The molecule has 0 saturated carbocycles. The maximum absolute atomic E-state index is 12.1. The Bertz CT molecular complexity index is 604. The van der Waals surface area contributed by atoms with Crippen molar-refractivity contribution in [3.63, 3.8) is 0 Å². The highest BCUT2D eigenvalue weighted by molar-refractivity contribution is 7.92. The molecule has 1 aromatic rings. The van der Waals surface area contributed by atoms with Gasteiger partial charge in [-0.15, -0.1) is 0 Å². The Hall–Kier alpha value is -1.54. The number of guanidine groups is 1. The number of sulfone groups is 1. The van der Waals surface area contributed by atoms with Crippen LogP contribution >= 0.6 is 0 Å². The van der Waals surface area contributed by atoms with Gasteiger partial charge in [0.25, 0.3) is 0 Å². The molecule has 0 amide bonds. The highest BCUT2D eigenvalue weighted by Crippen LogP contribution is 2.15. The number of rotatable bonds is 10. The summed E-state index contributed by atoms with van der Waals surface area (Å²) in [5.41, 5.74) is 0. The molecule has 144 valence electrons. The summed E-state index contributed by atoms with van der Waals surface area (Å²) >= 11 is 0. The molecule has 0 aliphatic rings. The van der Waals surface area contributed by atoms with Gasteiger partial charge in [0.15, 0.2) is 15.8 Å². The predicted molar refractivity (Wildman–Crippen MR) is 101 cm³/mol. The van der Waals surface area contributed by atoms with Gasteiger partial charge in [0.1, 0.15) is 12.4 Å². The van der Waals surface area contributed by atoms with Crippen molar-refractivity contribution in [2.24, 2.45) is 4.99 Å². The summed E-state index contributed by atoms with van der Waals surface area (Å²) in [5, 5.41) is 6.18. The Morgan fingerprint density at radius 2 is 2.08 bits per heavy atom. The second-order valence-corrected chi connectivity index (χ2v) is 9.47. The van der Waals surface area contributed by atoms with Gasteiger partial charge in [-0.25, -0.2) is 8.42 Å². The number of furan rings is 1. The van der Waals surface area contributed by atoms with E-state index in [0.717, 1.165) is 12.2 Å². The highest BCUT2D eigenvalue weighted by Gasteiger charge is 2.28. The first-order valence-electron chi connectivity index (χ1n) is 8.61. The van der Waals surface area contributed by atoms with Crippen molar-refractivity contribution in [3.8, 4) is 0 Å². The monoisotopic (exact) mass is 373 g/mol. The summed E-state index contributed by atoms with van der Waals surface area (Å²) in [6.07, 6.45) is 2.40. The molecule has 0 unspecified atom stereocenters. The molecule has 1 aromatic heterocycles. The number of aliphatic imine (C=N–C) groups is 1. The van der Waals surface area contributed by atoms with Crippen molar-refractivity contribution in [2.75, 3.05) is 32.0 Å². The molecule has 25 heavy (non-hydrogen) atoms. The minimum Gasteiger partial charge on any atom is -0.467 e. The Balaban J connectivity index is 2.28. The van der Waals surface area contributed by atoms with Crippen molar-refractivity contribution < 1.29 is 17.6 Å². The molecule has 8 heteroatoms. The van der Waals surface area contributed by atoms with Gasteiger partial charge >= 0.3 is 0 Å². The lowest BCUT2D eigenvalue weighted by molar-refractivity contribution is 0.105. The summed E-state index contributed by atoms with van der Waals surface area (Å²) in [7, 11) is -3.14. The third kappa shape index (κ3) is 8.40. The molecule has 1 rings (SSSR count). The minimum atomic E-state index is -3.14. The van der Waals surface area contributed by atoms with E-state index in [9.17, 15) is 8.42 Å². The predicted octanol–water partition coefficient (Wildman–Crippen LogP) is 1.95. The zero-order valence-electron chi connectivity index (χ0n) is 15.7. The SMILES string of the molecule is CCNC(=NCCCOCc1ccco1)NCCS(=O)(=O)C(C)(C)C. The van der Waals surface area contributed by atoms with Gasteiger partial charge in [0.2, 0.25) is 0 Å². The quantitative estimate of drug-likeness (QED) is 0.370. The molecule has 0 saturated heterocycles. The van der Waals surface area contributed by atoms with Gasteiger partial charge in [0.05, 0.1) is 16.8 Å². The first-order valence-corrected chi connectivity index (χ1v) is 10.3. The summed E-state index contributed by atoms with van der Waals surface area (Å²) in [5.74, 6) is 1.50. The zero-order valence-corrected chi connectivity index (χ0v) is 16.5. The van der Waals surface area contributed by atoms with Crippen molar-refractivity contribution in [3.05, 3.63) is 24.2 Å². The van der Waals surface area contributed by atoms with E-state index < -0.39 is 14.6 Å². The van der Waals surface area contributed by atoms with Crippen LogP contribution in [0.1, 0.15) is 39.9 Å². The Morgan fingerprint density at radius 3 is 2.68 bits per heavy atom. The fourth-order valence-corrected chi connectivity index (χ4v) is 2.86. The van der Waals surface area contributed by atoms with Crippen LogP contribution in [0.15, 0.2) is 27.8 Å². The topological polar surface area (TPSA) is 92.9 Å². The lowest BCUT2D eigenvalue weighted by Gasteiger charge is -2.19. The van der Waals surface area contributed by atoms with Crippen LogP contribution in [0, 0.1) is 0 Å². The molecular weight excluding hydrogens is 342 g/mol. The summed E-state index contributed by atoms with van der Waals surface area (Å²) in [6.45, 7) is 9.79. The van der Waals surface area contributed by atoms with E-state index in [0.29, 0.717) is 38.8 Å². The second kappa shape index (κ2) is 10.5. The van der Waals surface area contributed by atoms with E-state index in [1.54, 1.807) is 27.0 Å². The van der Waals surface area contributed by atoms with Crippen molar-refractivity contribution in [2.45, 2.75) is 45.5 Å². The van der Waals surface area contributed by atoms with Crippen molar-refractivity contribution in [1.82, 2.24) is 10.6 Å². The van der Waals surface area contributed by atoms with Crippen LogP contribution in [-0.2, 0) is 21.2 Å². The normalized spacial score (nSPS) is 13.0. The van der Waals surface area contributed by atoms with Crippen molar-refractivity contribution in [1.29, 1.82) is 0 Å². The van der Waals surface area contributed by atoms with Crippen LogP contribution in [0.2, 0.25) is 0 Å². The van der Waals surface area contributed by atoms with Gasteiger partial charge in [-0.3, -0.25) is 4.99 Å².